The lowest BCUT2D eigenvalue weighted by Gasteiger charge is -2.52. The van der Waals surface area contributed by atoms with Crippen molar-refractivity contribution < 1.29 is 0 Å². The van der Waals surface area contributed by atoms with Crippen molar-refractivity contribution in [2.45, 2.75) is 46.2 Å². The zero-order chi connectivity index (χ0) is 19.2. The van der Waals surface area contributed by atoms with Crippen molar-refractivity contribution in [3.8, 4) is 0 Å². The highest BCUT2D eigenvalue weighted by atomic mass is 15.5. The molecule has 1 saturated heterocycles. The van der Waals surface area contributed by atoms with Crippen molar-refractivity contribution in [1.82, 2.24) is 20.1 Å². The van der Waals surface area contributed by atoms with Gasteiger partial charge in [0.15, 0.2) is 5.66 Å². The number of aryl methyl sites for hydroxylation is 2. The van der Waals surface area contributed by atoms with E-state index in [1.807, 2.05) is 38.4 Å². The predicted octanol–water partition coefficient (Wildman–Crippen LogP) is 2.80. The van der Waals surface area contributed by atoms with E-state index in [1.54, 1.807) is 0 Å². The highest BCUT2D eigenvalue weighted by molar-refractivity contribution is 5.97. The number of hydrogen-bond donors (Lipinski definition) is 2. The molecule has 0 aromatic carbocycles. The third kappa shape index (κ3) is 2.49. The number of allylic oxidation sites excluding steroid dienone is 2. The van der Waals surface area contributed by atoms with Crippen LogP contribution in [-0.4, -0.2) is 39.0 Å². The van der Waals surface area contributed by atoms with Crippen LogP contribution >= 0.6 is 0 Å². The predicted molar refractivity (Wildman–Crippen MR) is 107 cm³/mol. The van der Waals surface area contributed by atoms with Crippen molar-refractivity contribution in [3.63, 3.8) is 0 Å². The van der Waals surface area contributed by atoms with Crippen LogP contribution in [0, 0.1) is 13.8 Å². The SMILES string of the molecule is CC1=C(C)N(c2ccncc2)C(c2c(C)n[nH]c2C)(N2CCCC2)C(N)=N1. The van der Waals surface area contributed by atoms with E-state index in [9.17, 15) is 0 Å². The molecule has 0 amide bonds. The third-order valence-corrected chi connectivity index (χ3v) is 5.79. The Labute approximate surface area is 160 Å². The molecule has 1 atom stereocenters. The monoisotopic (exact) mass is 365 g/mol. The summed E-state index contributed by atoms with van der Waals surface area (Å²) < 4.78 is 0. The number of aromatic nitrogens is 3. The van der Waals surface area contributed by atoms with Crippen LogP contribution in [0.15, 0.2) is 40.9 Å². The molecular weight excluding hydrogens is 338 g/mol. The molecule has 2 aliphatic heterocycles. The number of aromatic amines is 1. The van der Waals surface area contributed by atoms with E-state index in [4.69, 9.17) is 10.7 Å². The summed E-state index contributed by atoms with van der Waals surface area (Å²) in [5, 5.41) is 7.66. The van der Waals surface area contributed by atoms with E-state index in [0.717, 1.165) is 60.0 Å². The fraction of sp³-hybridized carbons (Fsp3) is 0.450. The minimum Gasteiger partial charge on any atom is -0.384 e. The maximum Gasteiger partial charge on any atom is 0.186 e. The number of aliphatic imine (C=N–C) groups is 1. The zero-order valence-corrected chi connectivity index (χ0v) is 16.5. The first-order valence-corrected chi connectivity index (χ1v) is 9.47. The van der Waals surface area contributed by atoms with E-state index in [1.165, 1.54) is 0 Å². The highest BCUT2D eigenvalue weighted by Crippen LogP contribution is 2.45. The quantitative estimate of drug-likeness (QED) is 0.873. The number of nitrogens with two attached hydrogens (primary N) is 1. The fourth-order valence-electron chi connectivity index (χ4n) is 4.54. The van der Waals surface area contributed by atoms with E-state index in [2.05, 4.69) is 38.8 Å². The van der Waals surface area contributed by atoms with Crippen molar-refractivity contribution >= 4 is 11.5 Å². The molecule has 4 rings (SSSR count). The number of amidine groups is 1. The van der Waals surface area contributed by atoms with Gasteiger partial charge in [-0.05, 0) is 52.7 Å². The van der Waals surface area contributed by atoms with Gasteiger partial charge in [0.25, 0.3) is 0 Å². The summed E-state index contributed by atoms with van der Waals surface area (Å²) in [6, 6.07) is 4.07. The lowest BCUT2D eigenvalue weighted by Crippen LogP contribution is -2.66. The van der Waals surface area contributed by atoms with Crippen LogP contribution in [0.3, 0.4) is 0 Å². The molecule has 7 heteroatoms. The Hall–Kier alpha value is -2.67. The van der Waals surface area contributed by atoms with Gasteiger partial charge in [-0.15, -0.1) is 0 Å². The number of pyridine rings is 1. The van der Waals surface area contributed by atoms with Gasteiger partial charge in [-0.25, -0.2) is 4.99 Å². The second kappa shape index (κ2) is 6.49. The van der Waals surface area contributed by atoms with Crippen molar-refractivity contribution in [2.75, 3.05) is 18.0 Å². The lowest BCUT2D eigenvalue weighted by molar-refractivity contribution is 0.181. The summed E-state index contributed by atoms with van der Waals surface area (Å²) in [7, 11) is 0. The van der Waals surface area contributed by atoms with Crippen LogP contribution in [-0.2, 0) is 5.66 Å². The van der Waals surface area contributed by atoms with Gasteiger partial charge in [-0.1, -0.05) is 0 Å². The molecule has 0 aliphatic carbocycles. The molecule has 0 radical (unpaired) electrons. The molecule has 2 aliphatic rings. The molecule has 2 aromatic heterocycles. The van der Waals surface area contributed by atoms with Crippen LogP contribution in [0.4, 0.5) is 5.69 Å². The second-order valence-electron chi connectivity index (χ2n) is 7.38. The van der Waals surface area contributed by atoms with Crippen LogP contribution in [0.5, 0.6) is 0 Å². The molecule has 7 nitrogen and oxygen atoms in total. The topological polar surface area (TPSA) is 86.4 Å². The van der Waals surface area contributed by atoms with Crippen molar-refractivity contribution in [3.05, 3.63) is 52.9 Å². The fourth-order valence-corrected chi connectivity index (χ4v) is 4.54. The van der Waals surface area contributed by atoms with E-state index in [-0.39, 0.29) is 0 Å². The van der Waals surface area contributed by atoms with Crippen LogP contribution < -0.4 is 10.6 Å². The molecule has 0 saturated carbocycles. The van der Waals surface area contributed by atoms with Gasteiger partial charge < -0.3 is 10.6 Å². The highest BCUT2D eigenvalue weighted by Gasteiger charge is 2.53. The lowest BCUT2D eigenvalue weighted by atomic mass is 9.89. The Bertz CT molecular complexity index is 886. The molecular formula is C20H27N7. The largest absolute Gasteiger partial charge is 0.384 e. The summed E-state index contributed by atoms with van der Waals surface area (Å²) in [5.74, 6) is 0.594. The number of nitrogens with zero attached hydrogens (tertiary/aromatic N) is 5. The van der Waals surface area contributed by atoms with Gasteiger partial charge in [0, 0.05) is 48.1 Å². The number of hydrogen-bond acceptors (Lipinski definition) is 6. The van der Waals surface area contributed by atoms with Gasteiger partial charge in [-0.2, -0.15) is 5.10 Å². The normalized spacial score (nSPS) is 23.9. The summed E-state index contributed by atoms with van der Waals surface area (Å²) in [5.41, 5.74) is 12.2. The average molecular weight is 365 g/mol. The summed E-state index contributed by atoms with van der Waals surface area (Å²) in [6.07, 6.45) is 5.95. The van der Waals surface area contributed by atoms with Gasteiger partial charge in [0.2, 0.25) is 0 Å². The van der Waals surface area contributed by atoms with Gasteiger partial charge in [-0.3, -0.25) is 15.0 Å². The van der Waals surface area contributed by atoms with Crippen molar-refractivity contribution in [2.24, 2.45) is 10.7 Å². The molecule has 0 spiro atoms. The van der Waals surface area contributed by atoms with E-state index >= 15 is 0 Å². The summed E-state index contributed by atoms with van der Waals surface area (Å²) in [6.45, 7) is 10.2. The number of anilines is 1. The molecule has 1 unspecified atom stereocenters. The molecule has 3 N–H and O–H groups in total. The Morgan fingerprint density at radius 3 is 2.33 bits per heavy atom. The molecule has 1 fully saturated rings. The molecule has 27 heavy (non-hydrogen) atoms. The standard InChI is InChI=1S/C20H27N7/c1-13-16(4)27(17-7-9-22-10-8-17)20(19(21)23-13,26-11-5-6-12-26)18-14(2)24-25-15(18)3/h7-10H,5-6,11-12H2,1-4H3,(H2,21,23)(H,24,25). The van der Waals surface area contributed by atoms with E-state index in [0.29, 0.717) is 5.84 Å². The molecule has 142 valence electrons. The first-order chi connectivity index (χ1) is 13.0. The number of likely N-dealkylation sites (tertiary alicyclic amines) is 1. The third-order valence-electron chi connectivity index (χ3n) is 5.79. The Kier molecular flexibility index (Phi) is 4.26. The van der Waals surface area contributed by atoms with E-state index < -0.39 is 5.66 Å². The molecule has 4 heterocycles. The second-order valence-corrected chi connectivity index (χ2v) is 7.38. The summed E-state index contributed by atoms with van der Waals surface area (Å²) >= 11 is 0. The van der Waals surface area contributed by atoms with Gasteiger partial charge >= 0.3 is 0 Å². The minimum absolute atomic E-state index is 0.594. The maximum absolute atomic E-state index is 6.78. The van der Waals surface area contributed by atoms with Crippen LogP contribution in [0.2, 0.25) is 0 Å². The minimum atomic E-state index is -0.692. The maximum atomic E-state index is 6.78. The Morgan fingerprint density at radius 2 is 1.74 bits per heavy atom. The van der Waals surface area contributed by atoms with Crippen molar-refractivity contribution in [1.29, 1.82) is 0 Å². The Balaban J connectivity index is 2.07. The molecule has 2 aromatic rings. The Morgan fingerprint density at radius 1 is 1.07 bits per heavy atom. The number of nitrogens with one attached hydrogen (secondary N) is 1. The summed E-state index contributed by atoms with van der Waals surface area (Å²) in [4.78, 5) is 13.8. The molecule has 0 bridgehead atoms. The van der Waals surface area contributed by atoms with Gasteiger partial charge in [0.1, 0.15) is 5.84 Å². The van der Waals surface area contributed by atoms with Gasteiger partial charge in [0.05, 0.1) is 11.4 Å². The van der Waals surface area contributed by atoms with Crippen LogP contribution in [0.1, 0.15) is 43.6 Å². The average Bonchev–Trinajstić information content (AvgIpc) is 3.30. The first kappa shape index (κ1) is 17.7. The smallest absolute Gasteiger partial charge is 0.186 e. The number of rotatable bonds is 3. The zero-order valence-electron chi connectivity index (χ0n) is 16.5. The first-order valence-electron chi connectivity index (χ1n) is 9.47. The van der Waals surface area contributed by atoms with Crippen LogP contribution in [0.25, 0.3) is 0 Å². The number of H-pyrrole nitrogens is 1.